The molecular formula is C17H19NO3. The van der Waals surface area contributed by atoms with Crippen LogP contribution in [0.4, 0.5) is 0 Å². The molecule has 0 saturated heterocycles. The molecule has 0 aromatic heterocycles. The second-order valence-electron chi connectivity index (χ2n) is 5.48. The fourth-order valence-electron chi connectivity index (χ4n) is 2.51. The quantitative estimate of drug-likeness (QED) is 0.939. The number of ether oxygens (including phenoxy) is 2. The molecule has 0 bridgehead atoms. The number of likely N-dealkylation sites (N-methyl/N-ethyl adjacent to an activating group) is 1. The zero-order chi connectivity index (χ0) is 14.9. The summed E-state index contributed by atoms with van der Waals surface area (Å²) in [6.07, 6.45) is -0.509. The molecule has 4 heteroatoms. The Labute approximate surface area is 124 Å². The minimum atomic E-state index is -1.50. The average molecular weight is 285 g/mol. The standard InChI is InChI=1S/C17H19NO3/c1-18(2)12-16-17(19,13-8-4-3-5-9-13)21-15-11-7-6-10-14(15)20-16/h3-11,16,19H,12H2,1-2H3/t16-,17+/m0/s1. The minimum Gasteiger partial charge on any atom is -0.478 e. The molecule has 0 aliphatic carbocycles. The summed E-state index contributed by atoms with van der Waals surface area (Å²) in [5, 5.41) is 11.1. The lowest BCUT2D eigenvalue weighted by Crippen LogP contribution is -2.54. The summed E-state index contributed by atoms with van der Waals surface area (Å²) in [6, 6.07) is 16.8. The van der Waals surface area contributed by atoms with Crippen LogP contribution in [-0.4, -0.2) is 36.8 Å². The SMILES string of the molecule is CN(C)C[C@@H]1Oc2ccccc2O[C@]1(O)c1ccccc1. The zero-order valence-electron chi connectivity index (χ0n) is 12.2. The summed E-state index contributed by atoms with van der Waals surface area (Å²) in [4.78, 5) is 1.97. The molecule has 2 aromatic carbocycles. The van der Waals surface area contributed by atoms with Gasteiger partial charge in [-0.25, -0.2) is 0 Å². The van der Waals surface area contributed by atoms with Crippen LogP contribution in [0.3, 0.4) is 0 Å². The normalized spacial score (nSPS) is 24.1. The van der Waals surface area contributed by atoms with Crippen molar-refractivity contribution in [3.63, 3.8) is 0 Å². The summed E-state index contributed by atoms with van der Waals surface area (Å²) in [7, 11) is 3.88. The number of nitrogens with zero attached hydrogens (tertiary/aromatic N) is 1. The van der Waals surface area contributed by atoms with Crippen molar-refractivity contribution in [2.45, 2.75) is 11.9 Å². The van der Waals surface area contributed by atoms with E-state index < -0.39 is 11.9 Å². The van der Waals surface area contributed by atoms with Crippen LogP contribution in [0, 0.1) is 0 Å². The van der Waals surface area contributed by atoms with Crippen LogP contribution in [0.2, 0.25) is 0 Å². The van der Waals surface area contributed by atoms with E-state index >= 15 is 0 Å². The van der Waals surface area contributed by atoms with Crippen molar-refractivity contribution in [2.75, 3.05) is 20.6 Å². The Hall–Kier alpha value is -2.04. The van der Waals surface area contributed by atoms with E-state index in [0.717, 1.165) is 0 Å². The van der Waals surface area contributed by atoms with Gasteiger partial charge in [-0.2, -0.15) is 0 Å². The van der Waals surface area contributed by atoms with Gasteiger partial charge >= 0.3 is 0 Å². The van der Waals surface area contributed by atoms with Crippen molar-refractivity contribution < 1.29 is 14.6 Å². The molecule has 1 aliphatic heterocycles. The molecule has 3 rings (SSSR count). The zero-order valence-corrected chi connectivity index (χ0v) is 12.2. The Kier molecular flexibility index (Phi) is 3.57. The number of hydrogen-bond acceptors (Lipinski definition) is 4. The Morgan fingerprint density at radius 2 is 1.62 bits per heavy atom. The highest BCUT2D eigenvalue weighted by Crippen LogP contribution is 2.41. The summed E-state index contributed by atoms with van der Waals surface area (Å²) >= 11 is 0. The van der Waals surface area contributed by atoms with Crippen LogP contribution in [0.15, 0.2) is 54.6 Å². The summed E-state index contributed by atoms with van der Waals surface area (Å²) in [5.74, 6) is -0.288. The largest absolute Gasteiger partial charge is 0.478 e. The predicted octanol–water partition coefficient (Wildman–Crippen LogP) is 2.23. The highest BCUT2D eigenvalue weighted by Gasteiger charge is 2.47. The lowest BCUT2D eigenvalue weighted by Gasteiger charge is -2.41. The van der Waals surface area contributed by atoms with Crippen molar-refractivity contribution in [2.24, 2.45) is 0 Å². The third-order valence-corrected chi connectivity index (χ3v) is 3.54. The number of rotatable bonds is 3. The molecule has 1 aliphatic rings. The van der Waals surface area contributed by atoms with E-state index in [9.17, 15) is 5.11 Å². The van der Waals surface area contributed by atoms with Gasteiger partial charge < -0.3 is 19.5 Å². The fourth-order valence-corrected chi connectivity index (χ4v) is 2.51. The molecule has 110 valence electrons. The molecular weight excluding hydrogens is 266 g/mol. The summed E-state index contributed by atoms with van der Waals surface area (Å²) in [5.41, 5.74) is 0.686. The van der Waals surface area contributed by atoms with E-state index in [4.69, 9.17) is 9.47 Å². The molecule has 0 amide bonds. The number of fused-ring (bicyclic) bond motifs is 1. The van der Waals surface area contributed by atoms with Gasteiger partial charge in [0.25, 0.3) is 5.79 Å². The first-order valence-electron chi connectivity index (χ1n) is 6.97. The van der Waals surface area contributed by atoms with Crippen molar-refractivity contribution >= 4 is 0 Å². The maximum atomic E-state index is 11.1. The van der Waals surface area contributed by atoms with Gasteiger partial charge in [0.2, 0.25) is 0 Å². The first-order chi connectivity index (χ1) is 10.1. The predicted molar refractivity (Wildman–Crippen MR) is 80.4 cm³/mol. The van der Waals surface area contributed by atoms with Gasteiger partial charge in [0, 0.05) is 12.1 Å². The van der Waals surface area contributed by atoms with Gasteiger partial charge in [-0.3, -0.25) is 0 Å². The second-order valence-corrected chi connectivity index (χ2v) is 5.48. The maximum Gasteiger partial charge on any atom is 0.273 e. The summed E-state index contributed by atoms with van der Waals surface area (Å²) in [6.45, 7) is 0.541. The Balaban J connectivity index is 2.03. The number of hydrogen-bond donors (Lipinski definition) is 1. The number of para-hydroxylation sites is 2. The maximum absolute atomic E-state index is 11.1. The van der Waals surface area contributed by atoms with Crippen molar-refractivity contribution in [3.8, 4) is 11.5 Å². The van der Waals surface area contributed by atoms with E-state index in [1.54, 1.807) is 6.07 Å². The molecule has 0 unspecified atom stereocenters. The molecule has 1 heterocycles. The molecule has 2 atom stereocenters. The van der Waals surface area contributed by atoms with Crippen LogP contribution in [0.25, 0.3) is 0 Å². The van der Waals surface area contributed by atoms with E-state index in [1.807, 2.05) is 67.5 Å². The van der Waals surface area contributed by atoms with Crippen LogP contribution >= 0.6 is 0 Å². The van der Waals surface area contributed by atoms with E-state index in [0.29, 0.717) is 23.6 Å². The van der Waals surface area contributed by atoms with E-state index in [2.05, 4.69) is 0 Å². The third-order valence-electron chi connectivity index (χ3n) is 3.54. The molecule has 21 heavy (non-hydrogen) atoms. The summed E-state index contributed by atoms with van der Waals surface area (Å²) < 4.78 is 11.9. The molecule has 4 nitrogen and oxygen atoms in total. The lowest BCUT2D eigenvalue weighted by molar-refractivity contribution is -0.224. The third kappa shape index (κ3) is 2.60. The van der Waals surface area contributed by atoms with E-state index in [-0.39, 0.29) is 0 Å². The Morgan fingerprint density at radius 1 is 1.00 bits per heavy atom. The van der Waals surface area contributed by atoms with Crippen LogP contribution < -0.4 is 9.47 Å². The lowest BCUT2D eigenvalue weighted by atomic mass is 9.98. The highest BCUT2D eigenvalue weighted by molar-refractivity contribution is 5.43. The first-order valence-corrected chi connectivity index (χ1v) is 6.97. The van der Waals surface area contributed by atoms with Crippen molar-refractivity contribution in [3.05, 3.63) is 60.2 Å². The highest BCUT2D eigenvalue weighted by atomic mass is 16.7. The fraction of sp³-hybridized carbons (Fsp3) is 0.294. The molecule has 1 N–H and O–H groups in total. The molecule has 0 fully saturated rings. The number of benzene rings is 2. The van der Waals surface area contributed by atoms with Crippen LogP contribution in [0.5, 0.6) is 11.5 Å². The van der Waals surface area contributed by atoms with Crippen LogP contribution in [0.1, 0.15) is 5.56 Å². The van der Waals surface area contributed by atoms with Gasteiger partial charge in [0.1, 0.15) is 0 Å². The van der Waals surface area contributed by atoms with Crippen LogP contribution in [-0.2, 0) is 5.79 Å². The van der Waals surface area contributed by atoms with Gasteiger partial charge in [-0.1, -0.05) is 42.5 Å². The molecule has 0 saturated carbocycles. The number of aliphatic hydroxyl groups is 1. The first kappa shape index (κ1) is 13.9. The van der Waals surface area contributed by atoms with Gasteiger partial charge in [0.15, 0.2) is 17.6 Å². The van der Waals surface area contributed by atoms with Crippen molar-refractivity contribution in [1.29, 1.82) is 0 Å². The smallest absolute Gasteiger partial charge is 0.273 e. The van der Waals surface area contributed by atoms with Gasteiger partial charge in [-0.05, 0) is 26.2 Å². The second kappa shape index (κ2) is 5.39. The molecule has 0 spiro atoms. The molecule has 0 radical (unpaired) electrons. The topological polar surface area (TPSA) is 41.9 Å². The van der Waals surface area contributed by atoms with Crippen molar-refractivity contribution in [1.82, 2.24) is 4.90 Å². The minimum absolute atomic E-state index is 0.509. The van der Waals surface area contributed by atoms with Gasteiger partial charge in [0.05, 0.1) is 0 Å². The Bertz CT molecular complexity index is 614. The average Bonchev–Trinajstić information content (AvgIpc) is 2.48. The molecule has 2 aromatic rings. The monoisotopic (exact) mass is 285 g/mol. The Morgan fingerprint density at radius 3 is 2.29 bits per heavy atom. The van der Waals surface area contributed by atoms with Gasteiger partial charge in [-0.15, -0.1) is 0 Å². The van der Waals surface area contributed by atoms with E-state index in [1.165, 1.54) is 0 Å².